The highest BCUT2D eigenvalue weighted by Gasteiger charge is 2.26. The number of aromatic nitrogens is 3. The molecule has 2 aliphatic rings. The predicted octanol–water partition coefficient (Wildman–Crippen LogP) is 4.32. The molecule has 4 heterocycles. The first-order valence-corrected chi connectivity index (χ1v) is 13.9. The van der Waals surface area contributed by atoms with Crippen molar-refractivity contribution < 1.29 is 14.3 Å². The second-order valence-electron chi connectivity index (χ2n) is 11.7. The molecule has 1 atom stereocenters. The largest absolute Gasteiger partial charge is 0.444 e. The lowest BCUT2D eigenvalue weighted by Crippen LogP contribution is -2.49. The van der Waals surface area contributed by atoms with Crippen molar-refractivity contribution >= 4 is 35.3 Å². The number of carbonyl (C=O) groups excluding carboxylic acids is 2. The molecule has 0 spiro atoms. The molecule has 39 heavy (non-hydrogen) atoms. The summed E-state index contributed by atoms with van der Waals surface area (Å²) in [5.74, 6) is 1.36. The van der Waals surface area contributed by atoms with Crippen LogP contribution in [-0.2, 0) is 4.74 Å². The second-order valence-corrected chi connectivity index (χ2v) is 11.7. The molecular weight excluding hydrogens is 496 g/mol. The van der Waals surface area contributed by atoms with Crippen LogP contribution in [0.2, 0.25) is 0 Å². The van der Waals surface area contributed by atoms with E-state index in [1.807, 2.05) is 37.8 Å². The molecule has 2 aromatic rings. The van der Waals surface area contributed by atoms with Gasteiger partial charge in [0.1, 0.15) is 22.8 Å². The number of primary amides is 1. The molecule has 0 radical (unpaired) electrons. The maximum atomic E-state index is 12.3. The van der Waals surface area contributed by atoms with Crippen molar-refractivity contribution in [1.29, 1.82) is 0 Å². The van der Waals surface area contributed by atoms with Crippen LogP contribution in [0, 0.1) is 0 Å². The average Bonchev–Trinajstić information content (AvgIpc) is 2.88. The summed E-state index contributed by atoms with van der Waals surface area (Å²) in [5, 5.41) is 6.30. The number of amides is 2. The zero-order valence-corrected chi connectivity index (χ0v) is 23.8. The third-order valence-electron chi connectivity index (χ3n) is 6.83. The van der Waals surface area contributed by atoms with E-state index in [0.29, 0.717) is 18.3 Å². The fourth-order valence-corrected chi connectivity index (χ4v) is 4.88. The Morgan fingerprint density at radius 2 is 1.77 bits per heavy atom. The lowest BCUT2D eigenvalue weighted by molar-refractivity contribution is 0.0499. The minimum atomic E-state index is -0.610. The van der Waals surface area contributed by atoms with Crippen molar-refractivity contribution in [2.24, 2.45) is 5.73 Å². The number of pyridine rings is 1. The van der Waals surface area contributed by atoms with E-state index in [9.17, 15) is 9.59 Å². The van der Waals surface area contributed by atoms with Gasteiger partial charge in [-0.15, -0.1) is 0 Å². The van der Waals surface area contributed by atoms with Crippen LogP contribution >= 0.6 is 0 Å². The van der Waals surface area contributed by atoms with Gasteiger partial charge in [-0.3, -0.25) is 4.79 Å². The average molecular weight is 539 g/mol. The second kappa shape index (κ2) is 12.0. The Hall–Kier alpha value is -3.63. The molecule has 0 bridgehead atoms. The van der Waals surface area contributed by atoms with Gasteiger partial charge in [-0.2, -0.15) is 4.98 Å². The van der Waals surface area contributed by atoms with Gasteiger partial charge < -0.3 is 30.9 Å². The monoisotopic (exact) mass is 538 g/mol. The highest BCUT2D eigenvalue weighted by molar-refractivity contribution is 5.98. The zero-order chi connectivity index (χ0) is 28.2. The minimum absolute atomic E-state index is 0.106. The van der Waals surface area contributed by atoms with Gasteiger partial charge in [0.2, 0.25) is 5.95 Å². The molecule has 0 unspecified atom stereocenters. The molecule has 0 saturated carbocycles. The van der Waals surface area contributed by atoms with Gasteiger partial charge in [0, 0.05) is 55.9 Å². The molecule has 212 valence electrons. The molecule has 11 heteroatoms. The Balaban J connectivity index is 1.57. The Labute approximate surface area is 230 Å². The van der Waals surface area contributed by atoms with Crippen LogP contribution in [0.3, 0.4) is 0 Å². The summed E-state index contributed by atoms with van der Waals surface area (Å²) in [5.41, 5.74) is 7.09. The lowest BCUT2D eigenvalue weighted by Gasteiger charge is -2.33. The summed E-state index contributed by atoms with van der Waals surface area (Å²) in [6, 6.07) is 3.89. The topological polar surface area (TPSA) is 139 Å². The number of piperidine rings is 2. The maximum absolute atomic E-state index is 12.3. The van der Waals surface area contributed by atoms with Crippen LogP contribution in [0.25, 0.3) is 0 Å². The molecule has 4 rings (SSSR count). The molecule has 0 aliphatic carbocycles. The number of nitrogens with one attached hydrogen (secondary N) is 2. The molecule has 11 nitrogen and oxygen atoms in total. The van der Waals surface area contributed by atoms with E-state index in [2.05, 4.69) is 34.4 Å². The van der Waals surface area contributed by atoms with Crippen LogP contribution < -0.4 is 26.2 Å². The van der Waals surface area contributed by atoms with Crippen LogP contribution in [0.4, 0.5) is 28.1 Å². The quantitative estimate of drug-likeness (QED) is 0.470. The summed E-state index contributed by atoms with van der Waals surface area (Å²) in [7, 11) is 0. The third-order valence-corrected chi connectivity index (χ3v) is 6.83. The van der Waals surface area contributed by atoms with Crippen molar-refractivity contribution in [3.05, 3.63) is 29.6 Å². The predicted molar refractivity (Wildman–Crippen MR) is 153 cm³/mol. The van der Waals surface area contributed by atoms with Gasteiger partial charge in [0.25, 0.3) is 5.91 Å². The van der Waals surface area contributed by atoms with Gasteiger partial charge in [-0.05, 0) is 64.9 Å². The van der Waals surface area contributed by atoms with Crippen LogP contribution in [0.5, 0.6) is 0 Å². The Morgan fingerprint density at radius 1 is 1.05 bits per heavy atom. The molecule has 4 N–H and O–H groups in total. The fraction of sp³-hybridized carbons (Fsp3) is 0.607. The zero-order valence-electron chi connectivity index (χ0n) is 23.8. The third kappa shape index (κ3) is 7.70. The van der Waals surface area contributed by atoms with Crippen molar-refractivity contribution in [3.63, 3.8) is 0 Å². The van der Waals surface area contributed by atoms with Gasteiger partial charge in [-0.1, -0.05) is 13.8 Å². The van der Waals surface area contributed by atoms with Crippen molar-refractivity contribution in [1.82, 2.24) is 20.3 Å². The Morgan fingerprint density at radius 3 is 2.44 bits per heavy atom. The molecular formula is C28H42N8O3. The van der Waals surface area contributed by atoms with Gasteiger partial charge in [-0.25, -0.2) is 14.8 Å². The van der Waals surface area contributed by atoms with E-state index >= 15 is 0 Å². The molecule has 2 fully saturated rings. The summed E-state index contributed by atoms with van der Waals surface area (Å²) < 4.78 is 5.42. The van der Waals surface area contributed by atoms with Crippen molar-refractivity contribution in [3.8, 4) is 0 Å². The number of nitrogens with two attached hydrogens (primary N) is 1. The fourth-order valence-electron chi connectivity index (χ4n) is 4.88. The number of hydrogen-bond acceptors (Lipinski definition) is 9. The smallest absolute Gasteiger partial charge is 0.407 e. The molecule has 2 amide bonds. The van der Waals surface area contributed by atoms with E-state index in [1.54, 1.807) is 0 Å². The van der Waals surface area contributed by atoms with Gasteiger partial charge in [0.05, 0.1) is 0 Å². The summed E-state index contributed by atoms with van der Waals surface area (Å²) in [6.45, 7) is 13.0. The highest BCUT2D eigenvalue weighted by Crippen LogP contribution is 2.29. The Bertz CT molecular complexity index is 1170. The van der Waals surface area contributed by atoms with Crippen LogP contribution in [-0.4, -0.2) is 64.8 Å². The summed E-state index contributed by atoms with van der Waals surface area (Å²) >= 11 is 0. The summed E-state index contributed by atoms with van der Waals surface area (Å²) in [6.07, 6.45) is 6.24. The first-order valence-electron chi connectivity index (χ1n) is 13.9. The molecule has 2 saturated heterocycles. The van der Waals surface area contributed by atoms with Crippen molar-refractivity contribution in [2.75, 3.05) is 41.3 Å². The summed E-state index contributed by atoms with van der Waals surface area (Å²) in [4.78, 5) is 43.0. The number of anilines is 4. The van der Waals surface area contributed by atoms with E-state index in [1.165, 1.54) is 12.6 Å². The molecule has 2 aromatic heterocycles. The van der Waals surface area contributed by atoms with Gasteiger partial charge in [0.15, 0.2) is 0 Å². The number of rotatable bonds is 7. The SMILES string of the molecule is CC(C)c1cc(Nc2nc(N3CCC[C@H](NC(=O)OC(C)(C)C)C3)ncc2C(N)=O)cc(N2CCCCC2)n1. The highest BCUT2D eigenvalue weighted by atomic mass is 16.6. The first-order chi connectivity index (χ1) is 18.5. The standard InChI is InChI=1S/C28H42N8O3/c1-18(2)22-14-20(15-23(33-22)35-11-7-6-8-12-35)31-25-21(24(29)37)16-30-26(34-25)36-13-9-10-19(17-36)32-27(38)39-28(3,4)5/h14-16,18-19H,6-13,17H2,1-5H3,(H2,29,37)(H,32,38)(H,30,31,33,34)/t19-/m0/s1. The number of alkyl carbamates (subject to hydrolysis) is 1. The first kappa shape index (κ1) is 28.4. The number of carbonyl (C=O) groups is 2. The molecule has 0 aromatic carbocycles. The van der Waals surface area contributed by atoms with E-state index in [4.69, 9.17) is 20.4 Å². The Kier molecular flexibility index (Phi) is 8.76. The van der Waals surface area contributed by atoms with Crippen LogP contribution in [0.1, 0.15) is 88.7 Å². The number of nitrogens with zero attached hydrogens (tertiary/aromatic N) is 5. The van der Waals surface area contributed by atoms with Gasteiger partial charge >= 0.3 is 6.09 Å². The van der Waals surface area contributed by atoms with E-state index in [0.717, 1.165) is 62.5 Å². The van der Waals surface area contributed by atoms with E-state index < -0.39 is 17.6 Å². The minimum Gasteiger partial charge on any atom is -0.444 e. The number of hydrogen-bond donors (Lipinski definition) is 3. The number of ether oxygens (including phenoxy) is 1. The van der Waals surface area contributed by atoms with Crippen molar-refractivity contribution in [2.45, 2.75) is 84.3 Å². The normalized spacial score (nSPS) is 18.2. The van der Waals surface area contributed by atoms with Crippen LogP contribution in [0.15, 0.2) is 18.3 Å². The lowest BCUT2D eigenvalue weighted by atomic mass is 10.1. The maximum Gasteiger partial charge on any atom is 0.407 e. The van der Waals surface area contributed by atoms with E-state index in [-0.39, 0.29) is 17.5 Å². The molecule has 2 aliphatic heterocycles.